The molecular weight excluding hydrogens is 360 g/mol. The zero-order valence-corrected chi connectivity index (χ0v) is 15.6. The Bertz CT molecular complexity index is 935. The van der Waals surface area contributed by atoms with Gasteiger partial charge in [-0.2, -0.15) is 0 Å². The molecule has 0 aliphatic carbocycles. The van der Waals surface area contributed by atoms with Crippen LogP contribution < -0.4 is 4.74 Å². The van der Waals surface area contributed by atoms with Crippen molar-refractivity contribution in [2.24, 2.45) is 0 Å². The van der Waals surface area contributed by atoms with Crippen LogP contribution in [0.5, 0.6) is 5.75 Å². The number of esters is 1. The van der Waals surface area contributed by atoms with E-state index < -0.39 is 12.1 Å². The van der Waals surface area contributed by atoms with Gasteiger partial charge in [-0.1, -0.05) is 18.2 Å². The minimum atomic E-state index is -0.886. The number of hydrogen-bond donors (Lipinski definition) is 0. The van der Waals surface area contributed by atoms with Gasteiger partial charge in [0.05, 0.1) is 13.5 Å². The molecule has 144 valence electrons. The zero-order valence-electron chi connectivity index (χ0n) is 15.6. The van der Waals surface area contributed by atoms with Crippen LogP contribution in [0, 0.1) is 0 Å². The van der Waals surface area contributed by atoms with Crippen LogP contribution in [0.4, 0.5) is 0 Å². The number of Topliss-reactive ketones (excluding diaryl/α,β-unsaturated/α-hetero) is 1. The number of ether oxygens (including phenoxy) is 2. The molecule has 3 aromatic rings. The summed E-state index contributed by atoms with van der Waals surface area (Å²) in [6.45, 7) is 1.55. The van der Waals surface area contributed by atoms with E-state index in [9.17, 15) is 9.59 Å². The first-order valence-corrected chi connectivity index (χ1v) is 8.82. The number of benzene rings is 2. The molecule has 7 heteroatoms. The van der Waals surface area contributed by atoms with E-state index in [1.807, 2.05) is 30.3 Å². The van der Waals surface area contributed by atoms with Crippen molar-refractivity contribution < 1.29 is 23.5 Å². The molecule has 1 unspecified atom stereocenters. The fourth-order valence-electron chi connectivity index (χ4n) is 2.56. The largest absolute Gasteiger partial charge is 0.497 e. The average molecular weight is 380 g/mol. The first-order chi connectivity index (χ1) is 13.6. The first-order valence-electron chi connectivity index (χ1n) is 8.82. The third-order valence-electron chi connectivity index (χ3n) is 4.08. The molecule has 0 amide bonds. The van der Waals surface area contributed by atoms with Crippen molar-refractivity contribution in [3.63, 3.8) is 0 Å². The zero-order chi connectivity index (χ0) is 19.9. The molecule has 0 aliphatic heterocycles. The Morgan fingerprint density at radius 1 is 1.04 bits per heavy atom. The highest BCUT2D eigenvalue weighted by atomic mass is 16.5. The van der Waals surface area contributed by atoms with E-state index >= 15 is 0 Å². The molecule has 0 spiro atoms. The smallest absolute Gasteiger partial charge is 0.307 e. The normalized spacial score (nSPS) is 11.6. The van der Waals surface area contributed by atoms with E-state index in [-0.39, 0.29) is 18.6 Å². The fraction of sp³-hybridized carbons (Fsp3) is 0.238. The van der Waals surface area contributed by atoms with Gasteiger partial charge in [0.15, 0.2) is 6.10 Å². The van der Waals surface area contributed by atoms with E-state index in [4.69, 9.17) is 13.9 Å². The van der Waals surface area contributed by atoms with Gasteiger partial charge in [0.2, 0.25) is 17.6 Å². The van der Waals surface area contributed by atoms with Gasteiger partial charge in [-0.25, -0.2) is 0 Å². The van der Waals surface area contributed by atoms with Crippen molar-refractivity contribution in [2.45, 2.75) is 25.9 Å². The summed E-state index contributed by atoms with van der Waals surface area (Å²) in [5.74, 6) is 0.599. The summed E-state index contributed by atoms with van der Waals surface area (Å²) in [6, 6.07) is 16.0. The molecule has 0 saturated heterocycles. The lowest BCUT2D eigenvalue weighted by Crippen LogP contribution is -2.24. The maximum atomic E-state index is 12.4. The minimum Gasteiger partial charge on any atom is -0.497 e. The van der Waals surface area contributed by atoms with E-state index in [2.05, 4.69) is 10.2 Å². The maximum Gasteiger partial charge on any atom is 0.307 e. The van der Waals surface area contributed by atoms with Crippen molar-refractivity contribution in [3.8, 4) is 17.2 Å². The van der Waals surface area contributed by atoms with Gasteiger partial charge in [0.1, 0.15) is 5.75 Å². The summed E-state index contributed by atoms with van der Waals surface area (Å²) in [7, 11) is 1.55. The van der Waals surface area contributed by atoms with Gasteiger partial charge in [0, 0.05) is 17.5 Å². The average Bonchev–Trinajstić information content (AvgIpc) is 3.21. The number of ketones is 1. The lowest BCUT2D eigenvalue weighted by Gasteiger charge is -2.12. The van der Waals surface area contributed by atoms with Crippen LogP contribution in [0.25, 0.3) is 11.5 Å². The molecule has 0 radical (unpaired) electrons. The predicted molar refractivity (Wildman–Crippen MR) is 101 cm³/mol. The Balaban J connectivity index is 1.51. The quantitative estimate of drug-likeness (QED) is 0.436. The summed E-state index contributed by atoms with van der Waals surface area (Å²) >= 11 is 0. The number of aromatic nitrogens is 2. The van der Waals surface area contributed by atoms with Gasteiger partial charge < -0.3 is 13.9 Å². The van der Waals surface area contributed by atoms with Crippen molar-refractivity contribution in [2.75, 3.05) is 7.11 Å². The summed E-state index contributed by atoms with van der Waals surface area (Å²) in [6.07, 6.45) is -0.609. The summed E-state index contributed by atoms with van der Waals surface area (Å²) < 4.78 is 15.8. The minimum absolute atomic E-state index is 0.0383. The molecule has 1 atom stereocenters. The number of aryl methyl sites for hydroxylation is 1. The van der Waals surface area contributed by atoms with E-state index in [1.165, 1.54) is 0 Å². The van der Waals surface area contributed by atoms with E-state index in [0.717, 1.165) is 5.56 Å². The van der Waals surface area contributed by atoms with Crippen LogP contribution >= 0.6 is 0 Å². The van der Waals surface area contributed by atoms with Gasteiger partial charge in [0.25, 0.3) is 0 Å². The highest BCUT2D eigenvalue weighted by molar-refractivity contribution is 6.00. The van der Waals surface area contributed by atoms with Crippen LogP contribution in [0.1, 0.15) is 29.6 Å². The van der Waals surface area contributed by atoms with Crippen LogP contribution in [0.15, 0.2) is 59.0 Å². The van der Waals surface area contributed by atoms with Gasteiger partial charge >= 0.3 is 5.97 Å². The number of nitrogens with zero attached hydrogens (tertiary/aromatic N) is 2. The number of methoxy groups -OCH3 is 1. The Labute approximate surface area is 162 Å². The van der Waals surface area contributed by atoms with Crippen LogP contribution in [0.2, 0.25) is 0 Å². The molecule has 0 bridgehead atoms. The van der Waals surface area contributed by atoms with Crippen LogP contribution in [0.3, 0.4) is 0 Å². The molecule has 0 saturated carbocycles. The van der Waals surface area contributed by atoms with Crippen molar-refractivity contribution >= 4 is 11.8 Å². The third-order valence-corrected chi connectivity index (χ3v) is 4.08. The Morgan fingerprint density at radius 2 is 1.75 bits per heavy atom. The van der Waals surface area contributed by atoms with E-state index in [1.54, 1.807) is 38.3 Å². The van der Waals surface area contributed by atoms with Gasteiger partial charge in [-0.15, -0.1) is 10.2 Å². The van der Waals surface area contributed by atoms with Gasteiger partial charge in [-0.05, 0) is 43.3 Å². The first kappa shape index (κ1) is 19.3. The second-order valence-corrected chi connectivity index (χ2v) is 6.09. The molecule has 28 heavy (non-hydrogen) atoms. The summed E-state index contributed by atoms with van der Waals surface area (Å²) in [5.41, 5.74) is 1.26. The standard InChI is InChI=1S/C21H20N2O5/c1-14(20(25)15-8-10-17(26-2)11-9-15)27-19(24)13-12-18-22-23-21(28-18)16-6-4-3-5-7-16/h3-11,14H,12-13H2,1-2H3. The second kappa shape index (κ2) is 8.94. The number of hydrogen-bond acceptors (Lipinski definition) is 7. The van der Waals surface area contributed by atoms with Crippen molar-refractivity contribution in [1.82, 2.24) is 10.2 Å². The molecule has 1 heterocycles. The van der Waals surface area contributed by atoms with Crippen molar-refractivity contribution in [3.05, 3.63) is 66.1 Å². The Morgan fingerprint density at radius 3 is 2.43 bits per heavy atom. The lowest BCUT2D eigenvalue weighted by atomic mass is 10.1. The molecule has 1 aromatic heterocycles. The second-order valence-electron chi connectivity index (χ2n) is 6.09. The number of rotatable bonds is 8. The van der Waals surface area contributed by atoms with E-state index in [0.29, 0.717) is 23.1 Å². The molecule has 3 rings (SSSR count). The van der Waals surface area contributed by atoms with Crippen molar-refractivity contribution in [1.29, 1.82) is 0 Å². The molecular formula is C21H20N2O5. The molecule has 7 nitrogen and oxygen atoms in total. The summed E-state index contributed by atoms with van der Waals surface area (Å²) in [4.78, 5) is 24.4. The van der Waals surface area contributed by atoms with Crippen LogP contribution in [-0.2, 0) is 16.0 Å². The number of carbonyl (C=O) groups excluding carboxylic acids is 2. The lowest BCUT2D eigenvalue weighted by molar-refractivity contribution is -0.146. The third kappa shape index (κ3) is 4.82. The predicted octanol–water partition coefficient (Wildman–Crippen LogP) is 3.49. The Kier molecular flexibility index (Phi) is 6.16. The fourth-order valence-corrected chi connectivity index (χ4v) is 2.56. The molecule has 0 fully saturated rings. The van der Waals surface area contributed by atoms with Crippen LogP contribution in [-0.4, -0.2) is 35.2 Å². The summed E-state index contributed by atoms with van der Waals surface area (Å²) in [5, 5.41) is 7.91. The monoisotopic (exact) mass is 380 g/mol. The SMILES string of the molecule is COc1ccc(C(=O)C(C)OC(=O)CCc2nnc(-c3ccccc3)o2)cc1. The highest BCUT2D eigenvalue weighted by Gasteiger charge is 2.20. The Hall–Kier alpha value is -3.48. The molecule has 0 N–H and O–H groups in total. The maximum absolute atomic E-state index is 12.4. The number of carbonyl (C=O) groups is 2. The topological polar surface area (TPSA) is 91.5 Å². The van der Waals surface area contributed by atoms with Gasteiger partial charge in [-0.3, -0.25) is 9.59 Å². The molecule has 2 aromatic carbocycles. The highest BCUT2D eigenvalue weighted by Crippen LogP contribution is 2.18. The molecule has 0 aliphatic rings.